The molecule has 0 aromatic carbocycles. The maximum absolute atomic E-state index is 12.5. The van der Waals surface area contributed by atoms with Gasteiger partial charge in [0.15, 0.2) is 18.9 Å². The molecule has 21 unspecified atom stereocenters. The summed E-state index contributed by atoms with van der Waals surface area (Å²) >= 11 is 0. The van der Waals surface area contributed by atoms with Gasteiger partial charge in [-0.1, -0.05) is 46.3 Å². The zero-order valence-corrected chi connectivity index (χ0v) is 38.8. The van der Waals surface area contributed by atoms with Gasteiger partial charge in [-0.15, -0.1) is 0 Å². The Kier molecular flexibility index (Phi) is 15.5. The zero-order chi connectivity index (χ0) is 46.8. The number of hydrogen-bond donors (Lipinski definition) is 11. The summed E-state index contributed by atoms with van der Waals surface area (Å²) in [6.45, 7) is 14.5. The lowest BCUT2D eigenvalue weighted by Crippen LogP contribution is -2.67. The molecule has 0 radical (unpaired) electrons. The van der Waals surface area contributed by atoms with Crippen LogP contribution in [0.15, 0.2) is 11.6 Å². The molecule has 0 spiro atoms. The third kappa shape index (κ3) is 8.82. The number of hydrogen-bond acceptors (Lipinski definition) is 17. The Balaban J connectivity index is 1.06. The van der Waals surface area contributed by atoms with Gasteiger partial charge in [0.25, 0.3) is 0 Å². The smallest absolute Gasteiger partial charge is 0.186 e. The molecule has 7 aliphatic rings. The van der Waals surface area contributed by atoms with E-state index in [0.717, 1.165) is 44.9 Å². The van der Waals surface area contributed by atoms with Crippen molar-refractivity contribution in [2.45, 2.75) is 204 Å². The Morgan fingerprint density at radius 1 is 0.625 bits per heavy atom. The molecule has 4 saturated carbocycles. The second-order valence-electron chi connectivity index (χ2n) is 22.2. The van der Waals surface area contributed by atoms with Crippen molar-refractivity contribution in [3.8, 4) is 0 Å². The molecule has 0 amide bonds. The van der Waals surface area contributed by atoms with Crippen LogP contribution in [0.4, 0.5) is 0 Å². The van der Waals surface area contributed by atoms with E-state index in [0.29, 0.717) is 12.8 Å². The van der Waals surface area contributed by atoms with Crippen LogP contribution >= 0.6 is 0 Å². The summed E-state index contributed by atoms with van der Waals surface area (Å²) < 4.78 is 35.7. The lowest BCUT2D eigenvalue weighted by atomic mass is 9.35. The van der Waals surface area contributed by atoms with E-state index in [-0.39, 0.29) is 70.6 Å². The zero-order valence-electron chi connectivity index (χ0n) is 38.8. The molecule has 3 aliphatic heterocycles. The van der Waals surface area contributed by atoms with Crippen LogP contribution in [0.5, 0.6) is 0 Å². The van der Waals surface area contributed by atoms with Crippen LogP contribution in [0.2, 0.25) is 0 Å². The summed E-state index contributed by atoms with van der Waals surface area (Å²) in [5.74, 6) is 0.408. The molecule has 0 aromatic heterocycles. The summed E-state index contributed by atoms with van der Waals surface area (Å²) in [5, 5.41) is 117. The van der Waals surface area contributed by atoms with Crippen LogP contribution in [0.1, 0.15) is 106 Å². The first-order chi connectivity index (χ1) is 30.0. The van der Waals surface area contributed by atoms with Crippen molar-refractivity contribution >= 4 is 0 Å². The van der Waals surface area contributed by atoms with E-state index in [1.54, 1.807) is 0 Å². The van der Waals surface area contributed by atoms with Gasteiger partial charge in [0.2, 0.25) is 0 Å². The molecule has 3 saturated heterocycles. The molecule has 64 heavy (non-hydrogen) atoms. The molecular formula is C47H80O17. The summed E-state index contributed by atoms with van der Waals surface area (Å²) in [6.07, 6.45) is -10.6. The second-order valence-corrected chi connectivity index (χ2v) is 22.2. The first-order valence-corrected chi connectivity index (χ1v) is 23.9. The quantitative estimate of drug-likeness (QED) is 0.0835. The first kappa shape index (κ1) is 50.9. The third-order valence-corrected chi connectivity index (χ3v) is 18.3. The molecule has 24 atom stereocenters. The van der Waals surface area contributed by atoms with E-state index in [2.05, 4.69) is 54.5 Å². The monoisotopic (exact) mass is 917 g/mol. The van der Waals surface area contributed by atoms with Gasteiger partial charge in [0.05, 0.1) is 38.6 Å². The molecular weight excluding hydrogens is 836 g/mol. The third-order valence-electron chi connectivity index (χ3n) is 18.3. The van der Waals surface area contributed by atoms with E-state index in [4.69, 9.17) is 28.4 Å². The van der Waals surface area contributed by atoms with Gasteiger partial charge >= 0.3 is 0 Å². The highest BCUT2D eigenvalue weighted by atomic mass is 16.7. The Labute approximate surface area is 377 Å². The predicted molar refractivity (Wildman–Crippen MR) is 228 cm³/mol. The average Bonchev–Trinajstić information content (AvgIpc) is 3.76. The van der Waals surface area contributed by atoms with Crippen molar-refractivity contribution in [2.24, 2.45) is 51.2 Å². The minimum atomic E-state index is -1.63. The number of fused-ring (bicyclic) bond motifs is 5. The van der Waals surface area contributed by atoms with Crippen LogP contribution in [0, 0.1) is 51.2 Å². The molecule has 17 nitrogen and oxygen atoms in total. The van der Waals surface area contributed by atoms with E-state index in [9.17, 15) is 56.2 Å². The lowest BCUT2D eigenvalue weighted by Gasteiger charge is -2.70. The number of rotatable bonds is 14. The molecule has 11 N–H and O–H groups in total. The number of ether oxygens (including phenoxy) is 6. The van der Waals surface area contributed by atoms with Gasteiger partial charge < -0.3 is 84.6 Å². The van der Waals surface area contributed by atoms with E-state index >= 15 is 0 Å². The minimum absolute atomic E-state index is 0.0326. The highest BCUT2D eigenvalue weighted by Crippen LogP contribution is 2.76. The van der Waals surface area contributed by atoms with Crippen molar-refractivity contribution in [3.05, 3.63) is 11.6 Å². The average molecular weight is 917 g/mol. The maximum atomic E-state index is 12.5. The number of allylic oxidation sites excluding steroid dienone is 2. The molecule has 7 fully saturated rings. The van der Waals surface area contributed by atoms with Gasteiger partial charge in [0.1, 0.15) is 67.1 Å². The fourth-order valence-electron chi connectivity index (χ4n) is 14.5. The molecule has 3 heterocycles. The van der Waals surface area contributed by atoms with E-state index in [1.165, 1.54) is 5.57 Å². The van der Waals surface area contributed by atoms with Crippen molar-refractivity contribution in [2.75, 3.05) is 26.4 Å². The fourth-order valence-corrected chi connectivity index (χ4v) is 14.5. The van der Waals surface area contributed by atoms with Crippen molar-refractivity contribution in [1.82, 2.24) is 0 Å². The van der Waals surface area contributed by atoms with E-state index in [1.807, 2.05) is 0 Å². The molecule has 4 aliphatic carbocycles. The van der Waals surface area contributed by atoms with Gasteiger partial charge in [0, 0.05) is 0 Å². The van der Waals surface area contributed by atoms with Crippen LogP contribution in [0.25, 0.3) is 0 Å². The molecule has 17 heteroatoms. The van der Waals surface area contributed by atoms with Crippen LogP contribution in [0.3, 0.4) is 0 Å². The lowest BCUT2D eigenvalue weighted by molar-refractivity contribution is -0.332. The SMILES string of the molecule is CC(C)=CCCC(COC1OC(COC2OC(CO)C(O)C2O)C(O)C(O)C1O)C1CC[C@]2(C)C1C(O)CC1[C@@]3(C)CCC(OC4OC(CO)C(O)C(O)C4O)C(C)(C)C3CC[C@]12C. The van der Waals surface area contributed by atoms with Crippen LogP contribution in [-0.4, -0.2) is 181 Å². The number of aliphatic hydroxyl groups is 11. The maximum Gasteiger partial charge on any atom is 0.186 e. The van der Waals surface area contributed by atoms with Crippen molar-refractivity contribution in [1.29, 1.82) is 0 Å². The predicted octanol–water partition coefficient (Wildman–Crippen LogP) is 0.470. The Morgan fingerprint density at radius 2 is 1.17 bits per heavy atom. The largest absolute Gasteiger partial charge is 0.394 e. The molecule has 0 aromatic rings. The van der Waals surface area contributed by atoms with Gasteiger partial charge in [-0.05, 0) is 123 Å². The van der Waals surface area contributed by atoms with Gasteiger partial charge in [-0.2, -0.15) is 0 Å². The molecule has 0 bridgehead atoms. The standard InChI is InChI=1S/C47H80O17/c1-22(2)9-8-10-23(20-59-42-39(57)37(55)35(53)28(63-42)21-60-41-38(56)34(52)27(19-49)61-41)24-11-15-47(7)32(24)25(50)17-30-45(5)14-13-31(44(3,4)29(45)12-16-46(30,47)6)64-43-40(58)36(54)33(51)26(18-48)62-43/h9,23-43,48-58H,8,10-21H2,1-7H3/t23?,24?,25?,26?,27?,28?,29?,30?,31?,32?,33?,34?,35?,36?,37?,38?,39?,40?,41?,42?,43?,45-,46+,47+/m0/s1. The first-order valence-electron chi connectivity index (χ1n) is 23.9. The minimum Gasteiger partial charge on any atom is -0.394 e. The van der Waals surface area contributed by atoms with Crippen LogP contribution in [-0.2, 0) is 28.4 Å². The Morgan fingerprint density at radius 3 is 1.81 bits per heavy atom. The highest BCUT2D eigenvalue weighted by Gasteiger charge is 2.71. The molecule has 7 rings (SSSR count). The highest BCUT2D eigenvalue weighted by molar-refractivity contribution is 5.19. The Bertz CT molecular complexity index is 1600. The second kappa shape index (κ2) is 19.5. The summed E-state index contributed by atoms with van der Waals surface area (Å²) in [5.41, 5.74) is 0.343. The normalized spacial score (nSPS) is 51.8. The van der Waals surface area contributed by atoms with Crippen LogP contribution < -0.4 is 0 Å². The van der Waals surface area contributed by atoms with Crippen molar-refractivity contribution in [3.63, 3.8) is 0 Å². The van der Waals surface area contributed by atoms with Crippen molar-refractivity contribution < 1.29 is 84.6 Å². The topological polar surface area (TPSA) is 278 Å². The van der Waals surface area contributed by atoms with E-state index < -0.39 is 105 Å². The van der Waals surface area contributed by atoms with Gasteiger partial charge in [-0.3, -0.25) is 0 Å². The molecule has 370 valence electrons. The Hall–Kier alpha value is -0.940. The van der Waals surface area contributed by atoms with Gasteiger partial charge in [-0.25, -0.2) is 0 Å². The summed E-state index contributed by atoms with van der Waals surface area (Å²) in [7, 11) is 0. The fraction of sp³-hybridized carbons (Fsp3) is 0.957. The summed E-state index contributed by atoms with van der Waals surface area (Å²) in [6, 6.07) is 0. The number of aliphatic hydroxyl groups excluding tert-OH is 11. The summed E-state index contributed by atoms with van der Waals surface area (Å²) in [4.78, 5) is 0.